The highest BCUT2D eigenvalue weighted by atomic mass is 32.1. The molecule has 0 amide bonds. The second-order valence-corrected chi connectivity index (χ2v) is 6.81. The van der Waals surface area contributed by atoms with Crippen LogP contribution in [0, 0.1) is 0 Å². The number of hydrogen-bond acceptors (Lipinski definition) is 5. The first-order valence-electron chi connectivity index (χ1n) is 7.12. The van der Waals surface area contributed by atoms with E-state index in [0.717, 1.165) is 23.0 Å². The van der Waals surface area contributed by atoms with Crippen LogP contribution in [0.4, 0.5) is 5.13 Å². The van der Waals surface area contributed by atoms with Gasteiger partial charge in [0.2, 0.25) is 5.13 Å². The van der Waals surface area contributed by atoms with E-state index >= 15 is 0 Å². The van der Waals surface area contributed by atoms with Gasteiger partial charge in [0, 0.05) is 42.6 Å². The van der Waals surface area contributed by atoms with E-state index in [1.807, 2.05) is 0 Å². The van der Waals surface area contributed by atoms with Gasteiger partial charge in [0.1, 0.15) is 5.82 Å². The Balaban J connectivity index is 1.49. The lowest BCUT2D eigenvalue weighted by Crippen LogP contribution is -2.47. The van der Waals surface area contributed by atoms with Crippen molar-refractivity contribution in [1.82, 2.24) is 14.7 Å². The van der Waals surface area contributed by atoms with Crippen LogP contribution in [0.25, 0.3) is 0 Å². The average Bonchev–Trinajstić information content (AvgIpc) is 3.03. The summed E-state index contributed by atoms with van der Waals surface area (Å²) in [5.74, 6) is 1.77. The molecule has 5 heteroatoms. The van der Waals surface area contributed by atoms with Gasteiger partial charge in [-0.2, -0.15) is 4.37 Å². The highest BCUT2D eigenvalue weighted by Gasteiger charge is 2.36. The Bertz CT molecular complexity index is 430. The molecule has 0 radical (unpaired) electrons. The lowest BCUT2D eigenvalue weighted by atomic mass is 9.99. The molecule has 4 nitrogen and oxygen atoms in total. The Hall–Kier alpha value is -0.680. The molecule has 3 fully saturated rings. The predicted octanol–water partition coefficient (Wildman–Crippen LogP) is 2.13. The summed E-state index contributed by atoms with van der Waals surface area (Å²) in [4.78, 5) is 7.12. The van der Waals surface area contributed by atoms with Gasteiger partial charge in [0.05, 0.1) is 0 Å². The van der Waals surface area contributed by atoms with Crippen LogP contribution in [-0.2, 0) is 0 Å². The number of rotatable bonds is 3. The summed E-state index contributed by atoms with van der Waals surface area (Å²) in [6, 6.07) is 2.14. The van der Waals surface area contributed by atoms with E-state index in [1.165, 1.54) is 38.5 Å². The maximum Gasteiger partial charge on any atom is 0.205 e. The van der Waals surface area contributed by atoms with Crippen LogP contribution in [0.15, 0.2) is 0 Å². The Morgan fingerprint density at radius 2 is 1.89 bits per heavy atom. The average molecular weight is 264 g/mol. The third kappa shape index (κ3) is 1.93. The zero-order valence-electron chi connectivity index (χ0n) is 10.8. The number of nitrogens with one attached hydrogen (secondary N) is 1. The number of nitrogens with zero attached hydrogens (tertiary/aromatic N) is 3. The predicted molar refractivity (Wildman–Crippen MR) is 73.3 cm³/mol. The van der Waals surface area contributed by atoms with Gasteiger partial charge in [-0.15, -0.1) is 0 Å². The van der Waals surface area contributed by atoms with E-state index in [-0.39, 0.29) is 0 Å². The summed E-state index contributed by atoms with van der Waals surface area (Å²) >= 11 is 1.59. The number of hydrogen-bond donors (Lipinski definition) is 1. The van der Waals surface area contributed by atoms with E-state index < -0.39 is 0 Å². The topological polar surface area (TPSA) is 41.1 Å². The molecule has 1 N–H and O–H groups in total. The standard InChI is InChI=1S/C13H20N4S/c1-17(11-6-9-4-5-10(7-11)14-9)13-15-12(16-18-13)8-2-3-8/h8-11,14H,2-7H2,1H3. The van der Waals surface area contributed by atoms with Crippen molar-refractivity contribution >= 4 is 16.7 Å². The van der Waals surface area contributed by atoms with Gasteiger partial charge in [-0.25, -0.2) is 4.98 Å². The van der Waals surface area contributed by atoms with Crippen LogP contribution in [0.1, 0.15) is 50.3 Å². The van der Waals surface area contributed by atoms with E-state index in [1.54, 1.807) is 11.5 Å². The SMILES string of the molecule is CN(c1nc(C2CC2)ns1)C1CC2CCC(C1)N2. The van der Waals surface area contributed by atoms with Crippen LogP contribution in [0.5, 0.6) is 0 Å². The first-order valence-corrected chi connectivity index (χ1v) is 7.89. The fourth-order valence-electron chi connectivity index (χ4n) is 3.38. The second-order valence-electron chi connectivity index (χ2n) is 6.08. The van der Waals surface area contributed by atoms with Crippen LogP contribution in [0.2, 0.25) is 0 Å². The fourth-order valence-corrected chi connectivity index (χ4v) is 4.15. The minimum Gasteiger partial charge on any atom is -0.347 e. The van der Waals surface area contributed by atoms with E-state index in [9.17, 15) is 0 Å². The van der Waals surface area contributed by atoms with Gasteiger partial charge >= 0.3 is 0 Å². The first-order chi connectivity index (χ1) is 8.79. The van der Waals surface area contributed by atoms with E-state index in [4.69, 9.17) is 4.98 Å². The van der Waals surface area contributed by atoms with E-state index in [0.29, 0.717) is 12.0 Å². The zero-order chi connectivity index (χ0) is 12.1. The van der Waals surface area contributed by atoms with Gasteiger partial charge in [0.25, 0.3) is 0 Å². The molecular formula is C13H20N4S. The Morgan fingerprint density at radius 1 is 1.17 bits per heavy atom. The molecule has 3 aliphatic rings. The lowest BCUT2D eigenvalue weighted by Gasteiger charge is -2.35. The van der Waals surface area contributed by atoms with Gasteiger partial charge in [0.15, 0.2) is 0 Å². The molecule has 2 bridgehead atoms. The molecule has 2 atom stereocenters. The molecule has 1 saturated carbocycles. The maximum absolute atomic E-state index is 4.73. The Kier molecular flexibility index (Phi) is 2.59. The van der Waals surface area contributed by atoms with Crippen molar-refractivity contribution < 1.29 is 0 Å². The molecule has 2 saturated heterocycles. The summed E-state index contributed by atoms with van der Waals surface area (Å²) in [6.07, 6.45) is 7.84. The normalized spacial score (nSPS) is 34.8. The van der Waals surface area contributed by atoms with E-state index in [2.05, 4.69) is 21.6 Å². The number of anilines is 1. The molecule has 0 spiro atoms. The molecule has 3 heterocycles. The number of aromatic nitrogens is 2. The monoisotopic (exact) mass is 264 g/mol. The van der Waals surface area contributed by atoms with Crippen LogP contribution in [0.3, 0.4) is 0 Å². The van der Waals surface area contributed by atoms with Crippen molar-refractivity contribution in [1.29, 1.82) is 0 Å². The smallest absolute Gasteiger partial charge is 0.205 e. The molecule has 18 heavy (non-hydrogen) atoms. The highest BCUT2D eigenvalue weighted by Crippen LogP contribution is 2.40. The minimum absolute atomic E-state index is 0.656. The summed E-state index contributed by atoms with van der Waals surface area (Å²) in [5, 5.41) is 4.83. The van der Waals surface area contributed by atoms with Gasteiger partial charge in [-0.3, -0.25) is 0 Å². The third-order valence-corrected chi connectivity index (χ3v) is 5.49. The summed E-state index contributed by atoms with van der Waals surface area (Å²) in [6.45, 7) is 0. The summed E-state index contributed by atoms with van der Waals surface area (Å²) in [7, 11) is 2.20. The van der Waals surface area contributed by atoms with Gasteiger partial charge in [-0.05, 0) is 38.5 Å². The maximum atomic E-state index is 4.73. The Labute approximate surface area is 112 Å². The molecule has 98 valence electrons. The molecule has 2 unspecified atom stereocenters. The van der Waals surface area contributed by atoms with Crippen molar-refractivity contribution in [3.05, 3.63) is 5.82 Å². The molecule has 1 aromatic heterocycles. The third-order valence-electron chi connectivity index (χ3n) is 4.67. The lowest BCUT2D eigenvalue weighted by molar-refractivity contribution is 0.354. The summed E-state index contributed by atoms with van der Waals surface area (Å²) < 4.78 is 4.52. The molecule has 0 aromatic carbocycles. The fraction of sp³-hybridized carbons (Fsp3) is 0.846. The van der Waals surface area contributed by atoms with Crippen molar-refractivity contribution in [2.24, 2.45) is 0 Å². The first kappa shape index (κ1) is 11.2. The molecule has 4 rings (SSSR count). The van der Waals surface area contributed by atoms with Gasteiger partial charge < -0.3 is 10.2 Å². The van der Waals surface area contributed by atoms with Crippen LogP contribution < -0.4 is 10.2 Å². The minimum atomic E-state index is 0.656. The van der Waals surface area contributed by atoms with Crippen LogP contribution >= 0.6 is 11.5 Å². The largest absolute Gasteiger partial charge is 0.347 e. The Morgan fingerprint density at radius 3 is 2.56 bits per heavy atom. The summed E-state index contributed by atoms with van der Waals surface area (Å²) in [5.41, 5.74) is 0. The van der Waals surface area contributed by atoms with Crippen molar-refractivity contribution in [2.45, 2.75) is 62.6 Å². The van der Waals surface area contributed by atoms with Crippen molar-refractivity contribution in [3.8, 4) is 0 Å². The van der Waals surface area contributed by atoms with Gasteiger partial charge in [-0.1, -0.05) is 0 Å². The molecule has 1 aromatic rings. The quantitative estimate of drug-likeness (QED) is 0.908. The van der Waals surface area contributed by atoms with Crippen molar-refractivity contribution in [2.75, 3.05) is 11.9 Å². The highest BCUT2D eigenvalue weighted by molar-refractivity contribution is 7.09. The molecule has 1 aliphatic carbocycles. The van der Waals surface area contributed by atoms with Crippen LogP contribution in [-0.4, -0.2) is 34.5 Å². The zero-order valence-corrected chi connectivity index (χ0v) is 11.6. The van der Waals surface area contributed by atoms with Crippen molar-refractivity contribution in [3.63, 3.8) is 0 Å². The number of piperidine rings is 1. The molecular weight excluding hydrogens is 244 g/mol. The number of fused-ring (bicyclic) bond motifs is 2. The molecule has 2 aliphatic heterocycles. The second kappa shape index (κ2) is 4.17.